The van der Waals surface area contributed by atoms with Crippen LogP contribution in [0.3, 0.4) is 0 Å². The fraction of sp³-hybridized carbons (Fsp3) is 0.500. The molecule has 0 spiro atoms. The van der Waals surface area contributed by atoms with E-state index in [1.54, 1.807) is 18.2 Å². The molecule has 2 rings (SSSR count). The molecule has 1 unspecified atom stereocenters. The molecule has 7 nitrogen and oxygen atoms in total. The Bertz CT molecular complexity index is 714. The molecular formula is C16H23N3O4S. The highest BCUT2D eigenvalue weighted by atomic mass is 32.2. The van der Waals surface area contributed by atoms with Crippen LogP contribution in [0.5, 0.6) is 0 Å². The number of carbonyl (C=O) groups is 2. The molecule has 8 heteroatoms. The Labute approximate surface area is 142 Å². The van der Waals surface area contributed by atoms with E-state index in [2.05, 4.69) is 15.4 Å². The van der Waals surface area contributed by atoms with Crippen LogP contribution in [0.2, 0.25) is 0 Å². The molecule has 1 aliphatic rings. The number of sulfonamides is 1. The lowest BCUT2D eigenvalue weighted by molar-refractivity contribution is -0.125. The topological polar surface area (TPSA) is 104 Å². The van der Waals surface area contributed by atoms with Gasteiger partial charge in [-0.3, -0.25) is 14.3 Å². The second-order valence-corrected chi connectivity index (χ2v) is 7.94. The average Bonchev–Trinajstić information content (AvgIpc) is 3.29. The van der Waals surface area contributed by atoms with Gasteiger partial charge >= 0.3 is 0 Å². The van der Waals surface area contributed by atoms with E-state index in [4.69, 9.17) is 0 Å². The van der Waals surface area contributed by atoms with Crippen molar-refractivity contribution in [2.75, 3.05) is 22.3 Å². The minimum Gasteiger partial charge on any atom is -0.355 e. The maximum absolute atomic E-state index is 12.1. The zero-order valence-electron chi connectivity index (χ0n) is 13.8. The van der Waals surface area contributed by atoms with Crippen LogP contribution in [0.25, 0.3) is 0 Å². The second-order valence-electron chi connectivity index (χ2n) is 6.10. The molecule has 1 fully saturated rings. The van der Waals surface area contributed by atoms with Gasteiger partial charge < -0.3 is 10.6 Å². The van der Waals surface area contributed by atoms with E-state index in [0.717, 1.165) is 12.8 Å². The molecule has 0 saturated heterocycles. The van der Waals surface area contributed by atoms with Crippen molar-refractivity contribution in [3.63, 3.8) is 0 Å². The number of benzene rings is 1. The quantitative estimate of drug-likeness (QED) is 0.659. The summed E-state index contributed by atoms with van der Waals surface area (Å²) in [6.45, 7) is 3.31. The van der Waals surface area contributed by atoms with E-state index in [1.165, 1.54) is 13.0 Å². The summed E-state index contributed by atoms with van der Waals surface area (Å²) in [5.74, 6) is -0.158. The first-order valence-corrected chi connectivity index (χ1v) is 9.58. The van der Waals surface area contributed by atoms with Gasteiger partial charge in [0.15, 0.2) is 0 Å². The third-order valence-corrected chi connectivity index (χ3v) is 5.16. The van der Waals surface area contributed by atoms with Crippen molar-refractivity contribution in [3.05, 3.63) is 24.3 Å². The number of hydrogen-bond acceptors (Lipinski definition) is 4. The Morgan fingerprint density at radius 1 is 1.25 bits per heavy atom. The van der Waals surface area contributed by atoms with Crippen molar-refractivity contribution in [1.29, 1.82) is 0 Å². The molecule has 2 amide bonds. The molecule has 0 aromatic heterocycles. The van der Waals surface area contributed by atoms with Crippen LogP contribution < -0.4 is 15.4 Å². The van der Waals surface area contributed by atoms with Crippen LogP contribution in [0.15, 0.2) is 24.3 Å². The fourth-order valence-corrected chi connectivity index (χ4v) is 3.33. The largest absolute Gasteiger partial charge is 0.355 e. The summed E-state index contributed by atoms with van der Waals surface area (Å²) in [5, 5.41) is 5.26. The van der Waals surface area contributed by atoms with E-state index in [9.17, 15) is 18.0 Å². The van der Waals surface area contributed by atoms with Crippen molar-refractivity contribution >= 4 is 33.2 Å². The molecule has 0 heterocycles. The number of anilines is 2. The van der Waals surface area contributed by atoms with Gasteiger partial charge in [-0.2, -0.15) is 0 Å². The highest BCUT2D eigenvalue weighted by molar-refractivity contribution is 7.92. The lowest BCUT2D eigenvalue weighted by Gasteiger charge is -2.12. The third-order valence-electron chi connectivity index (χ3n) is 3.87. The minimum atomic E-state index is -3.58. The van der Waals surface area contributed by atoms with E-state index < -0.39 is 10.0 Å². The van der Waals surface area contributed by atoms with E-state index in [-0.39, 0.29) is 30.0 Å². The zero-order chi connectivity index (χ0) is 17.7. The molecule has 3 N–H and O–H groups in total. The normalized spacial score (nSPS) is 15.4. The monoisotopic (exact) mass is 353 g/mol. The van der Waals surface area contributed by atoms with Gasteiger partial charge in [-0.05, 0) is 37.0 Å². The van der Waals surface area contributed by atoms with Crippen molar-refractivity contribution in [2.24, 2.45) is 11.8 Å². The van der Waals surface area contributed by atoms with Gasteiger partial charge in [0, 0.05) is 25.1 Å². The first-order chi connectivity index (χ1) is 11.3. The van der Waals surface area contributed by atoms with Crippen LogP contribution in [-0.2, 0) is 19.6 Å². The van der Waals surface area contributed by atoms with Crippen LogP contribution in [0.1, 0.15) is 26.7 Å². The average molecular weight is 353 g/mol. The second kappa shape index (κ2) is 7.65. The molecular weight excluding hydrogens is 330 g/mol. The first kappa shape index (κ1) is 18.3. The molecule has 1 saturated carbocycles. The predicted octanol–water partition coefficient (Wildman–Crippen LogP) is 1.55. The minimum absolute atomic E-state index is 0.0602. The van der Waals surface area contributed by atoms with Gasteiger partial charge in [0.25, 0.3) is 0 Å². The van der Waals surface area contributed by atoms with Gasteiger partial charge in [0.2, 0.25) is 21.8 Å². The molecule has 132 valence electrons. The number of rotatable bonds is 8. The molecule has 24 heavy (non-hydrogen) atoms. The van der Waals surface area contributed by atoms with Crippen LogP contribution in [0, 0.1) is 11.8 Å². The molecule has 0 bridgehead atoms. The maximum atomic E-state index is 12.1. The molecule has 0 radical (unpaired) electrons. The summed E-state index contributed by atoms with van der Waals surface area (Å²) in [5.41, 5.74) is 0.869. The molecule has 1 aromatic carbocycles. The van der Waals surface area contributed by atoms with Crippen molar-refractivity contribution < 1.29 is 18.0 Å². The lowest BCUT2D eigenvalue weighted by atomic mass is 10.1. The Morgan fingerprint density at radius 2 is 1.92 bits per heavy atom. The highest BCUT2D eigenvalue weighted by Gasteiger charge is 2.32. The van der Waals surface area contributed by atoms with Gasteiger partial charge in [0.05, 0.1) is 11.4 Å². The Morgan fingerprint density at radius 3 is 2.54 bits per heavy atom. The van der Waals surface area contributed by atoms with Gasteiger partial charge in [0.1, 0.15) is 0 Å². The van der Waals surface area contributed by atoms with Crippen LogP contribution in [-0.4, -0.2) is 32.5 Å². The maximum Gasteiger partial charge on any atom is 0.234 e. The Hall–Kier alpha value is -2.09. The van der Waals surface area contributed by atoms with Crippen LogP contribution >= 0.6 is 0 Å². The van der Waals surface area contributed by atoms with E-state index in [0.29, 0.717) is 17.3 Å². The van der Waals surface area contributed by atoms with Gasteiger partial charge in [-0.25, -0.2) is 8.42 Å². The van der Waals surface area contributed by atoms with Gasteiger partial charge in [-0.1, -0.05) is 13.0 Å². The summed E-state index contributed by atoms with van der Waals surface area (Å²) in [4.78, 5) is 22.9. The predicted molar refractivity (Wildman–Crippen MR) is 93.1 cm³/mol. The number of carbonyl (C=O) groups excluding carboxylic acids is 2. The third kappa shape index (κ3) is 5.84. The Balaban J connectivity index is 1.84. The first-order valence-electron chi connectivity index (χ1n) is 7.93. The summed E-state index contributed by atoms with van der Waals surface area (Å²) in [7, 11) is -3.58. The number of amides is 2. The number of nitrogens with one attached hydrogen (secondary N) is 3. The summed E-state index contributed by atoms with van der Waals surface area (Å²) >= 11 is 0. The molecule has 1 aliphatic carbocycles. The standard InChI is InChI=1S/C16H23N3O4S/c1-11(13-6-7-13)16(21)17-8-9-24(22,23)19-15-5-3-4-14(10-15)18-12(2)20/h3-5,10-11,13,19H,6-9H2,1-2H3,(H,17,21)(H,18,20). The lowest BCUT2D eigenvalue weighted by Crippen LogP contribution is -2.35. The SMILES string of the molecule is CC(=O)Nc1cccc(NS(=O)(=O)CCNC(=O)C(C)C2CC2)c1. The van der Waals surface area contributed by atoms with Crippen molar-refractivity contribution in [2.45, 2.75) is 26.7 Å². The fourth-order valence-electron chi connectivity index (χ4n) is 2.37. The van der Waals surface area contributed by atoms with Gasteiger partial charge in [-0.15, -0.1) is 0 Å². The summed E-state index contributed by atoms with van der Waals surface area (Å²) < 4.78 is 26.6. The smallest absolute Gasteiger partial charge is 0.234 e. The van der Waals surface area contributed by atoms with Crippen molar-refractivity contribution in [1.82, 2.24) is 5.32 Å². The Kier molecular flexibility index (Phi) is 5.82. The summed E-state index contributed by atoms with van der Waals surface area (Å²) in [6.07, 6.45) is 2.14. The van der Waals surface area contributed by atoms with E-state index >= 15 is 0 Å². The molecule has 1 aromatic rings. The number of hydrogen-bond donors (Lipinski definition) is 3. The summed E-state index contributed by atoms with van der Waals surface area (Å²) in [6, 6.07) is 6.43. The zero-order valence-corrected chi connectivity index (χ0v) is 14.7. The van der Waals surface area contributed by atoms with Crippen LogP contribution in [0.4, 0.5) is 11.4 Å². The van der Waals surface area contributed by atoms with E-state index in [1.807, 2.05) is 6.92 Å². The van der Waals surface area contributed by atoms with Crippen molar-refractivity contribution in [3.8, 4) is 0 Å². The molecule has 0 aliphatic heterocycles. The molecule has 1 atom stereocenters. The highest BCUT2D eigenvalue weighted by Crippen LogP contribution is 2.36.